The maximum Gasteiger partial charge on any atom is 0.0440 e. The molecule has 0 fully saturated rings. The van der Waals surface area contributed by atoms with Crippen LogP contribution in [0.1, 0.15) is 18.9 Å². The number of hydrogen-bond acceptors (Lipinski definition) is 2. The summed E-state index contributed by atoms with van der Waals surface area (Å²) in [6.07, 6.45) is 1.97. The van der Waals surface area contributed by atoms with Crippen molar-refractivity contribution in [3.63, 3.8) is 0 Å². The summed E-state index contributed by atoms with van der Waals surface area (Å²) >= 11 is 0. The lowest BCUT2D eigenvalue weighted by Gasteiger charge is -2.18. The zero-order valence-corrected chi connectivity index (χ0v) is 12.7. The summed E-state index contributed by atoms with van der Waals surface area (Å²) in [5.74, 6) is 0. The van der Waals surface area contributed by atoms with Gasteiger partial charge < -0.3 is 10.6 Å². The Hall–Kier alpha value is -1.25. The van der Waals surface area contributed by atoms with Crippen LogP contribution in [0, 0.1) is 0 Å². The topological polar surface area (TPSA) is 29.3 Å². The Balaban J connectivity index is 0.00000180. The molecule has 0 bridgehead atoms. The van der Waals surface area contributed by atoms with Crippen LogP contribution >= 0.6 is 12.4 Å². The maximum absolute atomic E-state index is 6.08. The molecule has 0 spiro atoms. The molecule has 2 rings (SSSR count). The Kier molecular flexibility index (Phi) is 5.64. The molecule has 0 aliphatic rings. The van der Waals surface area contributed by atoms with E-state index in [1.807, 2.05) is 0 Å². The smallest absolute Gasteiger partial charge is 0.0440 e. The Morgan fingerprint density at radius 3 is 2.26 bits per heavy atom. The fraction of sp³-hybridized carbons (Fsp3) is 0.375. The lowest BCUT2D eigenvalue weighted by Crippen LogP contribution is -2.21. The Bertz CT molecular complexity index is 537. The second-order valence-corrected chi connectivity index (χ2v) is 5.06. The van der Waals surface area contributed by atoms with Crippen molar-refractivity contribution in [2.45, 2.75) is 25.8 Å². The molecule has 0 radical (unpaired) electrons. The number of benzene rings is 2. The molecule has 0 amide bonds. The molecule has 2 aromatic carbocycles. The van der Waals surface area contributed by atoms with Crippen molar-refractivity contribution in [1.82, 2.24) is 0 Å². The van der Waals surface area contributed by atoms with Gasteiger partial charge in [0.25, 0.3) is 0 Å². The second kappa shape index (κ2) is 6.78. The van der Waals surface area contributed by atoms with E-state index < -0.39 is 0 Å². The Labute approximate surface area is 122 Å². The summed E-state index contributed by atoms with van der Waals surface area (Å²) in [6, 6.07) is 13.2. The average molecular weight is 279 g/mol. The van der Waals surface area contributed by atoms with E-state index in [0.717, 1.165) is 12.8 Å². The van der Waals surface area contributed by atoms with Gasteiger partial charge in [-0.3, -0.25) is 0 Å². The van der Waals surface area contributed by atoms with Gasteiger partial charge in [-0.1, -0.05) is 37.3 Å². The average Bonchev–Trinajstić information content (AvgIpc) is 2.38. The quantitative estimate of drug-likeness (QED) is 0.926. The van der Waals surface area contributed by atoms with Gasteiger partial charge >= 0.3 is 0 Å². The van der Waals surface area contributed by atoms with Crippen LogP contribution in [-0.4, -0.2) is 20.1 Å². The van der Waals surface area contributed by atoms with Crippen molar-refractivity contribution in [2.75, 3.05) is 19.0 Å². The fourth-order valence-corrected chi connectivity index (χ4v) is 2.34. The van der Waals surface area contributed by atoms with Crippen LogP contribution in [-0.2, 0) is 6.42 Å². The van der Waals surface area contributed by atoms with Gasteiger partial charge in [0.05, 0.1) is 0 Å². The highest BCUT2D eigenvalue weighted by molar-refractivity contribution is 5.96. The van der Waals surface area contributed by atoms with Crippen LogP contribution in [0.5, 0.6) is 0 Å². The zero-order chi connectivity index (χ0) is 13.1. The van der Waals surface area contributed by atoms with Gasteiger partial charge in [-0.15, -0.1) is 12.4 Å². The first kappa shape index (κ1) is 15.8. The number of rotatable bonds is 4. The summed E-state index contributed by atoms with van der Waals surface area (Å²) in [5, 5.41) is 2.64. The lowest BCUT2D eigenvalue weighted by molar-refractivity contribution is 0.649. The zero-order valence-electron chi connectivity index (χ0n) is 11.9. The van der Waals surface area contributed by atoms with Gasteiger partial charge in [0.2, 0.25) is 0 Å². The first-order valence-corrected chi connectivity index (χ1v) is 6.57. The molecular weight excluding hydrogens is 256 g/mol. The van der Waals surface area contributed by atoms with E-state index in [0.29, 0.717) is 0 Å². The van der Waals surface area contributed by atoms with Crippen molar-refractivity contribution in [3.05, 3.63) is 42.0 Å². The summed E-state index contributed by atoms with van der Waals surface area (Å²) in [6.45, 7) is 2.14. The third kappa shape index (κ3) is 3.40. The summed E-state index contributed by atoms with van der Waals surface area (Å²) in [7, 11) is 4.17. The van der Waals surface area contributed by atoms with E-state index in [2.05, 4.69) is 62.3 Å². The van der Waals surface area contributed by atoms with Gasteiger partial charge in [0.15, 0.2) is 0 Å². The van der Waals surface area contributed by atoms with Crippen LogP contribution in [0.3, 0.4) is 0 Å². The van der Waals surface area contributed by atoms with E-state index in [-0.39, 0.29) is 18.4 Å². The molecule has 104 valence electrons. The fourth-order valence-electron chi connectivity index (χ4n) is 2.34. The van der Waals surface area contributed by atoms with Crippen molar-refractivity contribution < 1.29 is 0 Å². The number of nitrogens with zero attached hydrogens (tertiary/aromatic N) is 1. The van der Waals surface area contributed by atoms with E-state index in [1.54, 1.807) is 0 Å². The molecule has 2 aromatic rings. The van der Waals surface area contributed by atoms with Gasteiger partial charge in [0.1, 0.15) is 0 Å². The molecule has 0 saturated carbocycles. The minimum absolute atomic E-state index is 0. The molecule has 19 heavy (non-hydrogen) atoms. The number of halogens is 1. The van der Waals surface area contributed by atoms with Crippen LogP contribution in [0.25, 0.3) is 10.8 Å². The predicted molar refractivity (Wildman–Crippen MR) is 87.5 cm³/mol. The third-order valence-electron chi connectivity index (χ3n) is 3.48. The minimum atomic E-state index is 0. The van der Waals surface area contributed by atoms with Crippen molar-refractivity contribution in [1.29, 1.82) is 0 Å². The van der Waals surface area contributed by atoms with E-state index >= 15 is 0 Å². The molecular formula is C16H23ClN2. The standard InChI is InChI=1S/C16H22N2.ClH/c1-4-13(17)11-12-9-10-16(18(2)3)15-8-6-5-7-14(12)15;/h5-10,13H,4,11,17H2,1-3H3;1H. The molecule has 2 N–H and O–H groups in total. The molecule has 1 atom stereocenters. The SMILES string of the molecule is CCC(N)Cc1ccc(N(C)C)c2ccccc12.Cl. The molecule has 0 aliphatic heterocycles. The first-order chi connectivity index (χ1) is 8.63. The number of anilines is 1. The Morgan fingerprint density at radius 1 is 1.05 bits per heavy atom. The third-order valence-corrected chi connectivity index (χ3v) is 3.48. The Morgan fingerprint density at radius 2 is 1.68 bits per heavy atom. The van der Waals surface area contributed by atoms with E-state index in [4.69, 9.17) is 5.73 Å². The highest BCUT2D eigenvalue weighted by Crippen LogP contribution is 2.29. The minimum Gasteiger partial charge on any atom is -0.377 e. The van der Waals surface area contributed by atoms with Crippen LogP contribution in [0.15, 0.2) is 36.4 Å². The lowest BCUT2D eigenvalue weighted by atomic mass is 9.97. The number of fused-ring (bicyclic) bond motifs is 1. The largest absolute Gasteiger partial charge is 0.377 e. The molecule has 3 heteroatoms. The van der Waals surface area contributed by atoms with Crippen molar-refractivity contribution >= 4 is 28.9 Å². The van der Waals surface area contributed by atoms with Gasteiger partial charge in [0, 0.05) is 31.2 Å². The summed E-state index contributed by atoms with van der Waals surface area (Å²) in [4.78, 5) is 2.16. The maximum atomic E-state index is 6.08. The van der Waals surface area contributed by atoms with Crippen LogP contribution in [0.2, 0.25) is 0 Å². The molecule has 2 nitrogen and oxygen atoms in total. The van der Waals surface area contributed by atoms with E-state index in [1.165, 1.54) is 22.0 Å². The highest BCUT2D eigenvalue weighted by atomic mass is 35.5. The first-order valence-electron chi connectivity index (χ1n) is 6.57. The predicted octanol–water partition coefficient (Wildman–Crippen LogP) is 3.61. The number of hydrogen-bond donors (Lipinski definition) is 1. The normalized spacial score (nSPS) is 12.0. The van der Waals surface area contributed by atoms with Crippen molar-refractivity contribution in [3.8, 4) is 0 Å². The number of nitrogens with two attached hydrogens (primary N) is 1. The molecule has 0 saturated heterocycles. The highest BCUT2D eigenvalue weighted by Gasteiger charge is 2.09. The van der Waals surface area contributed by atoms with Gasteiger partial charge in [-0.2, -0.15) is 0 Å². The van der Waals surface area contributed by atoms with Crippen LogP contribution < -0.4 is 10.6 Å². The van der Waals surface area contributed by atoms with Gasteiger partial charge in [-0.05, 0) is 29.9 Å². The summed E-state index contributed by atoms with van der Waals surface area (Å²) < 4.78 is 0. The molecule has 0 aliphatic carbocycles. The van der Waals surface area contributed by atoms with E-state index in [9.17, 15) is 0 Å². The molecule has 1 unspecified atom stereocenters. The molecule has 0 heterocycles. The monoisotopic (exact) mass is 278 g/mol. The van der Waals surface area contributed by atoms with Gasteiger partial charge in [-0.25, -0.2) is 0 Å². The van der Waals surface area contributed by atoms with Crippen molar-refractivity contribution in [2.24, 2.45) is 5.73 Å². The molecule has 0 aromatic heterocycles. The summed E-state index contributed by atoms with van der Waals surface area (Å²) in [5.41, 5.74) is 8.70. The van der Waals surface area contributed by atoms with Crippen LogP contribution in [0.4, 0.5) is 5.69 Å². The second-order valence-electron chi connectivity index (χ2n) is 5.06.